The second-order valence-electron chi connectivity index (χ2n) is 5.88. The lowest BCUT2D eigenvalue weighted by molar-refractivity contribution is 0.193. The van der Waals surface area contributed by atoms with Crippen molar-refractivity contribution >= 4 is 0 Å². The molecule has 23 heavy (non-hydrogen) atoms. The zero-order chi connectivity index (χ0) is 18.0. The van der Waals surface area contributed by atoms with Crippen LogP contribution in [-0.2, 0) is 4.74 Å². The Labute approximate surface area is 141 Å². The largest absolute Gasteiger partial charge is 0.496 e. The van der Waals surface area contributed by atoms with Crippen molar-refractivity contribution in [2.45, 2.75) is 33.8 Å². The smallest absolute Gasteiger partial charge is 0.125 e. The van der Waals surface area contributed by atoms with E-state index >= 15 is 0 Å². The minimum Gasteiger partial charge on any atom is -0.496 e. The molecule has 4 nitrogen and oxygen atoms in total. The van der Waals surface area contributed by atoms with Gasteiger partial charge in [0.1, 0.15) is 5.76 Å². The molecule has 0 aliphatic carbocycles. The van der Waals surface area contributed by atoms with Gasteiger partial charge in [-0.3, -0.25) is 0 Å². The normalized spacial score (nSPS) is 17.5. The molecule has 0 heterocycles. The Hall–Kier alpha value is -1.36. The van der Waals surface area contributed by atoms with Crippen molar-refractivity contribution in [1.29, 1.82) is 0 Å². The molecule has 0 aromatic rings. The molecule has 0 rings (SSSR count). The summed E-state index contributed by atoms with van der Waals surface area (Å²) in [5.74, 6) is 0.563. The van der Waals surface area contributed by atoms with Gasteiger partial charge in [-0.15, -0.1) is 0 Å². The van der Waals surface area contributed by atoms with Crippen LogP contribution in [0.1, 0.15) is 27.7 Å². The minimum absolute atomic E-state index is 0.0126. The van der Waals surface area contributed by atoms with E-state index in [-0.39, 0.29) is 12.5 Å². The summed E-state index contributed by atoms with van der Waals surface area (Å²) in [6.07, 6.45) is 7.12. The van der Waals surface area contributed by atoms with Crippen molar-refractivity contribution < 1.29 is 14.9 Å². The summed E-state index contributed by atoms with van der Waals surface area (Å²) in [5, 5.41) is 20.1. The molecule has 0 radical (unpaired) electrons. The summed E-state index contributed by atoms with van der Waals surface area (Å²) >= 11 is 0. The highest BCUT2D eigenvalue weighted by molar-refractivity contribution is 5.45. The molecule has 0 saturated carbocycles. The van der Waals surface area contributed by atoms with Gasteiger partial charge in [-0.2, -0.15) is 0 Å². The van der Waals surface area contributed by atoms with Gasteiger partial charge >= 0.3 is 0 Å². The van der Waals surface area contributed by atoms with E-state index in [1.54, 1.807) is 14.0 Å². The fourth-order valence-corrected chi connectivity index (χ4v) is 2.65. The Morgan fingerprint density at radius 2 is 1.87 bits per heavy atom. The summed E-state index contributed by atoms with van der Waals surface area (Å²) in [4.78, 5) is 2.02. The first-order valence-corrected chi connectivity index (χ1v) is 8.02. The molecule has 0 bridgehead atoms. The van der Waals surface area contributed by atoms with Crippen LogP contribution in [0.2, 0.25) is 0 Å². The van der Waals surface area contributed by atoms with Crippen LogP contribution in [0.25, 0.3) is 0 Å². The predicted molar refractivity (Wildman–Crippen MR) is 97.2 cm³/mol. The van der Waals surface area contributed by atoms with E-state index in [4.69, 9.17) is 4.74 Å². The number of allylic oxidation sites excluding steroid dienone is 5. The number of methoxy groups -OCH3 is 1. The van der Waals surface area contributed by atoms with Crippen LogP contribution < -0.4 is 0 Å². The predicted octanol–water partition coefficient (Wildman–Crippen LogP) is 2.91. The number of ether oxygens (including phenoxy) is 1. The summed E-state index contributed by atoms with van der Waals surface area (Å²) in [6.45, 7) is 8.21. The van der Waals surface area contributed by atoms with E-state index in [1.165, 1.54) is 0 Å². The molecule has 2 atom stereocenters. The van der Waals surface area contributed by atoms with Gasteiger partial charge in [-0.25, -0.2) is 0 Å². The molecule has 2 unspecified atom stereocenters. The van der Waals surface area contributed by atoms with Crippen LogP contribution in [0.4, 0.5) is 0 Å². The third-order valence-electron chi connectivity index (χ3n) is 3.63. The number of nitrogens with zero attached hydrogens (tertiary/aromatic N) is 1. The van der Waals surface area contributed by atoms with Crippen molar-refractivity contribution in [3.8, 4) is 0 Å². The average Bonchev–Trinajstić information content (AvgIpc) is 2.50. The van der Waals surface area contributed by atoms with Crippen LogP contribution >= 0.6 is 0 Å². The van der Waals surface area contributed by atoms with E-state index in [9.17, 15) is 10.2 Å². The summed E-state index contributed by atoms with van der Waals surface area (Å²) in [5.41, 5.74) is 2.60. The standard InChI is InChI=1S/C19H33NO3/c1-8-10-11-14(3)19(23-7)18(17(9-2)15(4)22)16(13-21)12-20(5)6/h8-11,15-16,21-22H,12-13H2,1-7H3/b10-8-,14-11+,17-9-,19-18-. The van der Waals surface area contributed by atoms with Crippen LogP contribution in [0.15, 0.2) is 46.8 Å². The molecule has 2 N–H and O–H groups in total. The van der Waals surface area contributed by atoms with E-state index < -0.39 is 6.10 Å². The molecule has 0 saturated heterocycles. The lowest BCUT2D eigenvalue weighted by Gasteiger charge is -2.28. The van der Waals surface area contributed by atoms with Gasteiger partial charge < -0.3 is 19.8 Å². The fourth-order valence-electron chi connectivity index (χ4n) is 2.65. The first-order valence-electron chi connectivity index (χ1n) is 8.02. The highest BCUT2D eigenvalue weighted by Crippen LogP contribution is 2.30. The van der Waals surface area contributed by atoms with Crippen molar-refractivity contribution in [3.63, 3.8) is 0 Å². The summed E-state index contributed by atoms with van der Waals surface area (Å²) in [7, 11) is 5.56. The first kappa shape index (κ1) is 21.6. The molecule has 0 aromatic carbocycles. The van der Waals surface area contributed by atoms with Gasteiger partial charge in [-0.1, -0.05) is 24.3 Å². The van der Waals surface area contributed by atoms with Gasteiger partial charge in [0.15, 0.2) is 0 Å². The van der Waals surface area contributed by atoms with Gasteiger partial charge in [0.25, 0.3) is 0 Å². The third kappa shape index (κ3) is 6.73. The molecular formula is C19H33NO3. The maximum absolute atomic E-state index is 10.2. The maximum atomic E-state index is 10.2. The molecule has 0 spiro atoms. The zero-order valence-corrected chi connectivity index (χ0v) is 15.6. The SMILES string of the molecule is C\C=C/C=C(C)/C(OC)=C(/C(=C\C)C(C)O)C(CO)CN(C)C. The summed E-state index contributed by atoms with van der Waals surface area (Å²) < 4.78 is 5.66. The number of aliphatic hydroxyl groups excluding tert-OH is 2. The molecule has 4 heteroatoms. The molecule has 0 aliphatic rings. The quantitative estimate of drug-likeness (QED) is 0.506. The Morgan fingerprint density at radius 3 is 2.22 bits per heavy atom. The van der Waals surface area contributed by atoms with Crippen LogP contribution in [0.5, 0.6) is 0 Å². The van der Waals surface area contributed by atoms with Crippen molar-refractivity contribution in [3.05, 3.63) is 46.8 Å². The van der Waals surface area contributed by atoms with Crippen LogP contribution in [0, 0.1) is 5.92 Å². The molecule has 0 aromatic heterocycles. The first-order chi connectivity index (χ1) is 10.8. The highest BCUT2D eigenvalue weighted by Gasteiger charge is 2.25. The van der Waals surface area contributed by atoms with Crippen LogP contribution in [-0.4, -0.2) is 55.6 Å². The summed E-state index contributed by atoms with van der Waals surface area (Å²) in [6, 6.07) is 0. The number of hydrogen-bond donors (Lipinski definition) is 2. The maximum Gasteiger partial charge on any atom is 0.125 e. The fraction of sp³-hybridized carbons (Fsp3) is 0.579. The van der Waals surface area contributed by atoms with E-state index in [2.05, 4.69) is 0 Å². The Kier molecular flexibility index (Phi) is 10.6. The van der Waals surface area contributed by atoms with Crippen LogP contribution in [0.3, 0.4) is 0 Å². The Bertz CT molecular complexity index is 471. The zero-order valence-electron chi connectivity index (χ0n) is 15.6. The molecule has 132 valence electrons. The van der Waals surface area contributed by atoms with Gasteiger partial charge in [0, 0.05) is 18.0 Å². The van der Waals surface area contributed by atoms with Gasteiger partial charge in [0.2, 0.25) is 0 Å². The Balaban J connectivity index is 6.32. The van der Waals surface area contributed by atoms with E-state index in [0.717, 1.165) is 16.7 Å². The topological polar surface area (TPSA) is 52.9 Å². The van der Waals surface area contributed by atoms with Gasteiger partial charge in [-0.05, 0) is 52.9 Å². The highest BCUT2D eigenvalue weighted by atomic mass is 16.5. The molecular weight excluding hydrogens is 290 g/mol. The number of hydrogen-bond acceptors (Lipinski definition) is 4. The second-order valence-corrected chi connectivity index (χ2v) is 5.88. The van der Waals surface area contributed by atoms with Crippen molar-refractivity contribution in [2.24, 2.45) is 5.92 Å². The Morgan fingerprint density at radius 1 is 1.26 bits per heavy atom. The van der Waals surface area contributed by atoms with Crippen molar-refractivity contribution in [2.75, 3.05) is 34.4 Å². The van der Waals surface area contributed by atoms with Gasteiger partial charge in [0.05, 0.1) is 19.8 Å². The molecule has 0 fully saturated rings. The lowest BCUT2D eigenvalue weighted by Crippen LogP contribution is -2.29. The van der Waals surface area contributed by atoms with E-state index in [0.29, 0.717) is 12.3 Å². The van der Waals surface area contributed by atoms with Crippen molar-refractivity contribution in [1.82, 2.24) is 4.90 Å². The average molecular weight is 323 g/mol. The monoisotopic (exact) mass is 323 g/mol. The second kappa shape index (κ2) is 11.2. The molecule has 0 aliphatic heterocycles. The minimum atomic E-state index is -0.633. The van der Waals surface area contributed by atoms with E-state index in [1.807, 2.05) is 64.1 Å². The number of aliphatic hydroxyl groups is 2. The lowest BCUT2D eigenvalue weighted by atomic mass is 9.86. The number of rotatable bonds is 9. The third-order valence-corrected chi connectivity index (χ3v) is 3.63. The molecule has 0 amide bonds.